The quantitative estimate of drug-likeness (QED) is 0.580. The molecule has 3 aromatic rings. The van der Waals surface area contributed by atoms with Crippen LogP contribution in [0.4, 0.5) is 4.39 Å². The molecule has 2 aromatic carbocycles. The second kappa shape index (κ2) is 7.71. The molecule has 1 aliphatic heterocycles. The van der Waals surface area contributed by atoms with Crippen LogP contribution in [0, 0.1) is 19.7 Å². The van der Waals surface area contributed by atoms with Gasteiger partial charge in [0.05, 0.1) is 18.1 Å². The molecular formula is C22H21ClFNO4S. The van der Waals surface area contributed by atoms with Crippen LogP contribution >= 0.6 is 11.6 Å². The van der Waals surface area contributed by atoms with Gasteiger partial charge in [0.2, 0.25) is 0 Å². The molecule has 4 rings (SSSR count). The normalized spacial score (nSPS) is 18.1. The molecule has 2 heterocycles. The van der Waals surface area contributed by atoms with Gasteiger partial charge in [-0.25, -0.2) is 12.8 Å². The Morgan fingerprint density at radius 2 is 2.03 bits per heavy atom. The van der Waals surface area contributed by atoms with Crippen LogP contribution in [0.2, 0.25) is 5.02 Å². The van der Waals surface area contributed by atoms with Gasteiger partial charge in [-0.15, -0.1) is 0 Å². The highest BCUT2D eigenvalue weighted by molar-refractivity contribution is 7.91. The van der Waals surface area contributed by atoms with Crippen LogP contribution in [0.25, 0.3) is 11.0 Å². The lowest BCUT2D eigenvalue weighted by Crippen LogP contribution is -2.41. The molecule has 1 saturated heterocycles. The number of carbonyl (C=O) groups excluding carboxylic acids is 1. The third kappa shape index (κ3) is 3.84. The smallest absolute Gasteiger partial charge is 0.290 e. The van der Waals surface area contributed by atoms with Crippen molar-refractivity contribution in [3.05, 3.63) is 69.7 Å². The Morgan fingerprint density at radius 3 is 2.70 bits per heavy atom. The molecule has 0 aliphatic carbocycles. The van der Waals surface area contributed by atoms with Gasteiger partial charge in [-0.05, 0) is 44.0 Å². The number of carbonyl (C=O) groups is 1. The molecule has 8 heteroatoms. The van der Waals surface area contributed by atoms with E-state index in [9.17, 15) is 17.6 Å². The van der Waals surface area contributed by atoms with Crippen LogP contribution < -0.4 is 0 Å². The summed E-state index contributed by atoms with van der Waals surface area (Å²) in [6.45, 7) is 3.57. The van der Waals surface area contributed by atoms with E-state index in [0.29, 0.717) is 17.6 Å². The number of rotatable bonds is 4. The number of amides is 1. The summed E-state index contributed by atoms with van der Waals surface area (Å²) in [7, 11) is -3.26. The largest absolute Gasteiger partial charge is 0.451 e. The first-order valence-corrected chi connectivity index (χ1v) is 11.8. The van der Waals surface area contributed by atoms with E-state index < -0.39 is 27.6 Å². The highest BCUT2D eigenvalue weighted by Crippen LogP contribution is 2.31. The lowest BCUT2D eigenvalue weighted by molar-refractivity contribution is 0.0647. The minimum Gasteiger partial charge on any atom is -0.451 e. The number of halogens is 2. The molecule has 1 fully saturated rings. The molecule has 158 valence electrons. The van der Waals surface area contributed by atoms with Crippen LogP contribution in [0.5, 0.6) is 0 Å². The zero-order valence-electron chi connectivity index (χ0n) is 16.6. The van der Waals surface area contributed by atoms with Gasteiger partial charge >= 0.3 is 0 Å². The zero-order valence-corrected chi connectivity index (χ0v) is 18.2. The number of benzene rings is 2. The molecule has 1 atom stereocenters. The maximum absolute atomic E-state index is 14.4. The van der Waals surface area contributed by atoms with E-state index in [-0.39, 0.29) is 34.4 Å². The van der Waals surface area contributed by atoms with Gasteiger partial charge in [0.1, 0.15) is 11.4 Å². The lowest BCUT2D eigenvalue weighted by Gasteiger charge is -2.28. The summed E-state index contributed by atoms with van der Waals surface area (Å²) in [4.78, 5) is 14.9. The molecule has 0 saturated carbocycles. The summed E-state index contributed by atoms with van der Waals surface area (Å²) in [5.74, 6) is -1.05. The SMILES string of the molecule is Cc1ccc2c(C)c(C(=O)N(Cc3c(F)cccc3Cl)C3CCS(=O)(=O)C3)oc2c1. The van der Waals surface area contributed by atoms with Crippen molar-refractivity contribution in [2.24, 2.45) is 0 Å². The maximum atomic E-state index is 14.4. The van der Waals surface area contributed by atoms with E-state index in [1.54, 1.807) is 13.0 Å². The van der Waals surface area contributed by atoms with Crippen molar-refractivity contribution < 1.29 is 22.0 Å². The number of hydrogen-bond acceptors (Lipinski definition) is 4. The molecule has 0 spiro atoms. The average molecular weight is 450 g/mol. The molecule has 1 aromatic heterocycles. The van der Waals surface area contributed by atoms with E-state index in [2.05, 4.69) is 0 Å². The second-order valence-corrected chi connectivity index (χ2v) is 10.4. The Bertz CT molecular complexity index is 1230. The maximum Gasteiger partial charge on any atom is 0.290 e. The Morgan fingerprint density at radius 1 is 1.27 bits per heavy atom. The summed E-state index contributed by atoms with van der Waals surface area (Å²) in [6, 6.07) is 9.38. The number of nitrogens with zero attached hydrogens (tertiary/aromatic N) is 1. The van der Waals surface area contributed by atoms with Gasteiger partial charge in [-0.3, -0.25) is 4.79 Å². The van der Waals surface area contributed by atoms with Crippen molar-refractivity contribution in [3.8, 4) is 0 Å². The van der Waals surface area contributed by atoms with Crippen molar-refractivity contribution in [2.75, 3.05) is 11.5 Å². The van der Waals surface area contributed by atoms with Crippen molar-refractivity contribution in [2.45, 2.75) is 32.9 Å². The van der Waals surface area contributed by atoms with Crippen LogP contribution in [0.15, 0.2) is 40.8 Å². The monoisotopic (exact) mass is 449 g/mol. The fourth-order valence-electron chi connectivity index (χ4n) is 3.91. The summed E-state index contributed by atoms with van der Waals surface area (Å²) in [5, 5.41) is 0.998. The number of fused-ring (bicyclic) bond motifs is 1. The van der Waals surface area contributed by atoms with Crippen molar-refractivity contribution >= 4 is 38.3 Å². The van der Waals surface area contributed by atoms with E-state index in [4.69, 9.17) is 16.0 Å². The fourth-order valence-corrected chi connectivity index (χ4v) is 5.86. The van der Waals surface area contributed by atoms with Gasteiger partial charge in [0.25, 0.3) is 5.91 Å². The molecule has 1 amide bonds. The molecule has 1 aliphatic rings. The first-order chi connectivity index (χ1) is 14.2. The van der Waals surface area contributed by atoms with E-state index >= 15 is 0 Å². The molecular weight excluding hydrogens is 429 g/mol. The van der Waals surface area contributed by atoms with Gasteiger partial charge < -0.3 is 9.32 Å². The van der Waals surface area contributed by atoms with Crippen LogP contribution in [0.1, 0.15) is 33.7 Å². The zero-order chi connectivity index (χ0) is 21.6. The van der Waals surface area contributed by atoms with Gasteiger partial charge in [-0.2, -0.15) is 0 Å². The Labute approximate surface area is 179 Å². The highest BCUT2D eigenvalue weighted by atomic mass is 35.5. The molecule has 0 bridgehead atoms. The molecule has 0 N–H and O–H groups in total. The Balaban J connectivity index is 1.77. The van der Waals surface area contributed by atoms with E-state index in [1.165, 1.54) is 17.0 Å². The minimum absolute atomic E-state index is 0.00917. The van der Waals surface area contributed by atoms with Crippen LogP contribution in [0.3, 0.4) is 0 Å². The molecule has 30 heavy (non-hydrogen) atoms. The van der Waals surface area contributed by atoms with Crippen LogP contribution in [-0.2, 0) is 16.4 Å². The topological polar surface area (TPSA) is 67.6 Å². The first-order valence-electron chi connectivity index (χ1n) is 9.60. The summed E-state index contributed by atoms with van der Waals surface area (Å²) in [5.41, 5.74) is 2.40. The first kappa shape index (κ1) is 20.9. The van der Waals surface area contributed by atoms with Crippen LogP contribution in [-0.4, -0.2) is 36.8 Å². The number of sulfone groups is 1. The van der Waals surface area contributed by atoms with Crippen molar-refractivity contribution in [3.63, 3.8) is 0 Å². The van der Waals surface area contributed by atoms with Gasteiger partial charge in [0.15, 0.2) is 15.6 Å². The van der Waals surface area contributed by atoms with Gasteiger partial charge in [0, 0.05) is 27.6 Å². The van der Waals surface area contributed by atoms with E-state index in [0.717, 1.165) is 10.9 Å². The standard InChI is InChI=1S/C22H21ClFNO4S/c1-13-6-7-16-14(2)21(29-20(16)10-13)22(26)25(15-8-9-30(27,28)12-15)11-17-18(23)4-3-5-19(17)24/h3-7,10,15H,8-9,11-12H2,1-2H3. The molecule has 0 radical (unpaired) electrons. The summed E-state index contributed by atoms with van der Waals surface area (Å²) >= 11 is 6.18. The predicted molar refractivity (Wildman–Crippen MR) is 114 cm³/mol. The third-order valence-corrected chi connectivity index (χ3v) is 7.69. The van der Waals surface area contributed by atoms with Gasteiger partial charge in [-0.1, -0.05) is 29.8 Å². The number of furan rings is 1. The van der Waals surface area contributed by atoms with Crippen molar-refractivity contribution in [1.82, 2.24) is 4.90 Å². The summed E-state index contributed by atoms with van der Waals surface area (Å²) in [6.07, 6.45) is 0.290. The van der Waals surface area contributed by atoms with E-state index in [1.807, 2.05) is 25.1 Å². The minimum atomic E-state index is -3.26. The summed E-state index contributed by atoms with van der Waals surface area (Å²) < 4.78 is 44.5. The van der Waals surface area contributed by atoms with Crippen molar-refractivity contribution in [1.29, 1.82) is 0 Å². The molecule has 1 unspecified atom stereocenters. The molecule has 5 nitrogen and oxygen atoms in total. The number of hydrogen-bond donors (Lipinski definition) is 0. The Hall–Kier alpha value is -2.38. The average Bonchev–Trinajstić information content (AvgIpc) is 3.20. The Kier molecular flexibility index (Phi) is 5.36. The second-order valence-electron chi connectivity index (χ2n) is 7.75. The number of aryl methyl sites for hydroxylation is 2. The fraction of sp³-hybridized carbons (Fsp3) is 0.318. The lowest BCUT2D eigenvalue weighted by atomic mass is 10.1. The predicted octanol–water partition coefficient (Wildman–Crippen LogP) is 4.67. The third-order valence-electron chi connectivity index (χ3n) is 5.59. The highest BCUT2D eigenvalue weighted by Gasteiger charge is 2.37.